The van der Waals surface area contributed by atoms with Gasteiger partial charge in [-0.1, -0.05) is 30.7 Å². The Labute approximate surface area is 117 Å². The van der Waals surface area contributed by atoms with Gasteiger partial charge in [-0.3, -0.25) is 0 Å². The van der Waals surface area contributed by atoms with Crippen molar-refractivity contribution in [2.45, 2.75) is 18.1 Å². The standard InChI is InChI=1S/C13H11ClN2O2S/c1-2-19(17,18)12-11(13(12,7-15)8-16)9-4-3-5-10(14)6-9/h3-6,11-12H,2H2,1H3/t11-,12+/m0/s1. The highest BCUT2D eigenvalue weighted by Gasteiger charge is 2.72. The van der Waals surface area contributed by atoms with E-state index in [-0.39, 0.29) is 5.75 Å². The molecule has 1 aromatic rings. The molecule has 98 valence electrons. The van der Waals surface area contributed by atoms with Crippen LogP contribution in [-0.4, -0.2) is 19.4 Å². The van der Waals surface area contributed by atoms with Crippen LogP contribution in [0.1, 0.15) is 18.4 Å². The van der Waals surface area contributed by atoms with Crippen LogP contribution in [0.5, 0.6) is 0 Å². The highest BCUT2D eigenvalue weighted by atomic mass is 35.5. The van der Waals surface area contributed by atoms with Gasteiger partial charge in [0.2, 0.25) is 0 Å². The molecule has 19 heavy (non-hydrogen) atoms. The Morgan fingerprint density at radius 1 is 1.37 bits per heavy atom. The summed E-state index contributed by atoms with van der Waals surface area (Å²) in [6, 6.07) is 10.4. The van der Waals surface area contributed by atoms with E-state index < -0.39 is 26.4 Å². The molecule has 1 fully saturated rings. The molecule has 2 atom stereocenters. The highest BCUT2D eigenvalue weighted by molar-refractivity contribution is 7.92. The lowest BCUT2D eigenvalue weighted by Gasteiger charge is -2.00. The van der Waals surface area contributed by atoms with Crippen molar-refractivity contribution in [3.8, 4) is 12.1 Å². The van der Waals surface area contributed by atoms with E-state index in [1.165, 1.54) is 6.92 Å². The molecule has 6 heteroatoms. The lowest BCUT2D eigenvalue weighted by molar-refractivity contribution is 0.592. The predicted molar refractivity (Wildman–Crippen MR) is 71.1 cm³/mol. The van der Waals surface area contributed by atoms with Crippen molar-refractivity contribution >= 4 is 21.4 Å². The molecule has 1 aromatic carbocycles. The summed E-state index contributed by atoms with van der Waals surface area (Å²) in [7, 11) is -3.46. The van der Waals surface area contributed by atoms with E-state index in [1.807, 2.05) is 12.1 Å². The lowest BCUT2D eigenvalue weighted by Crippen LogP contribution is -2.15. The number of nitrogens with zero attached hydrogens (tertiary/aromatic N) is 2. The third-order valence-corrected chi connectivity index (χ3v) is 5.96. The van der Waals surface area contributed by atoms with Gasteiger partial charge in [-0.2, -0.15) is 10.5 Å². The van der Waals surface area contributed by atoms with Crippen LogP contribution < -0.4 is 0 Å². The molecule has 1 aliphatic carbocycles. The van der Waals surface area contributed by atoms with Crippen molar-refractivity contribution in [1.82, 2.24) is 0 Å². The van der Waals surface area contributed by atoms with E-state index in [0.717, 1.165) is 0 Å². The van der Waals surface area contributed by atoms with Gasteiger partial charge in [-0.15, -0.1) is 0 Å². The Morgan fingerprint density at radius 3 is 2.47 bits per heavy atom. The van der Waals surface area contributed by atoms with Gasteiger partial charge in [0, 0.05) is 16.7 Å². The van der Waals surface area contributed by atoms with E-state index in [1.54, 1.807) is 24.3 Å². The Morgan fingerprint density at radius 2 is 2.00 bits per heavy atom. The molecule has 0 heterocycles. The molecule has 0 saturated heterocycles. The Hall–Kier alpha value is -1.56. The summed E-state index contributed by atoms with van der Waals surface area (Å²) in [6.07, 6.45) is 0. The van der Waals surface area contributed by atoms with Crippen LogP contribution in [0.3, 0.4) is 0 Å². The molecule has 1 aliphatic rings. The van der Waals surface area contributed by atoms with E-state index in [9.17, 15) is 18.9 Å². The fraction of sp³-hybridized carbons (Fsp3) is 0.385. The van der Waals surface area contributed by atoms with Crippen LogP contribution in [0.15, 0.2) is 24.3 Å². The first-order valence-corrected chi connectivity index (χ1v) is 7.82. The Bertz CT molecular complexity index is 686. The number of hydrogen-bond donors (Lipinski definition) is 0. The van der Waals surface area contributed by atoms with Gasteiger partial charge < -0.3 is 0 Å². The summed E-state index contributed by atoms with van der Waals surface area (Å²) in [5, 5.41) is 17.9. The third kappa shape index (κ3) is 2.00. The van der Waals surface area contributed by atoms with Gasteiger partial charge in [0.05, 0.1) is 12.1 Å². The molecule has 0 unspecified atom stereocenters. The van der Waals surface area contributed by atoms with Gasteiger partial charge in [-0.05, 0) is 17.7 Å². The summed E-state index contributed by atoms with van der Waals surface area (Å²) in [5.41, 5.74) is -0.864. The zero-order chi connectivity index (χ0) is 14.3. The third-order valence-electron chi connectivity index (χ3n) is 3.50. The van der Waals surface area contributed by atoms with E-state index >= 15 is 0 Å². The number of benzene rings is 1. The fourth-order valence-corrected chi connectivity index (χ4v) is 4.54. The van der Waals surface area contributed by atoms with Crippen molar-refractivity contribution in [2.75, 3.05) is 5.75 Å². The van der Waals surface area contributed by atoms with Crippen LogP contribution in [0.2, 0.25) is 5.02 Å². The van der Waals surface area contributed by atoms with Crippen LogP contribution in [0, 0.1) is 28.1 Å². The van der Waals surface area contributed by atoms with Crippen LogP contribution >= 0.6 is 11.6 Å². The zero-order valence-corrected chi connectivity index (χ0v) is 11.7. The molecule has 4 nitrogen and oxygen atoms in total. The smallest absolute Gasteiger partial charge is 0.169 e. The molecule has 0 bridgehead atoms. The van der Waals surface area contributed by atoms with Gasteiger partial charge in [0.15, 0.2) is 15.3 Å². The van der Waals surface area contributed by atoms with Crippen molar-refractivity contribution in [1.29, 1.82) is 10.5 Å². The minimum atomic E-state index is -3.46. The van der Waals surface area contributed by atoms with Gasteiger partial charge >= 0.3 is 0 Å². The number of sulfone groups is 1. The summed E-state index contributed by atoms with van der Waals surface area (Å²) in [4.78, 5) is 0. The molecular formula is C13H11ClN2O2S. The van der Waals surface area contributed by atoms with E-state index in [4.69, 9.17) is 11.6 Å². The van der Waals surface area contributed by atoms with Gasteiger partial charge in [0.25, 0.3) is 0 Å². The zero-order valence-electron chi connectivity index (χ0n) is 10.2. The minimum absolute atomic E-state index is 0.0835. The van der Waals surface area contributed by atoms with Crippen molar-refractivity contribution in [3.05, 3.63) is 34.9 Å². The molecule has 2 rings (SSSR count). The van der Waals surface area contributed by atoms with Gasteiger partial charge in [-0.25, -0.2) is 8.42 Å². The summed E-state index contributed by atoms with van der Waals surface area (Å²) >= 11 is 5.88. The predicted octanol–water partition coefficient (Wildman–Crippen LogP) is 2.27. The van der Waals surface area contributed by atoms with Crippen LogP contribution in [-0.2, 0) is 9.84 Å². The molecule has 0 aromatic heterocycles. The van der Waals surface area contributed by atoms with E-state index in [2.05, 4.69) is 0 Å². The maximum atomic E-state index is 12.0. The number of rotatable bonds is 3. The maximum Gasteiger partial charge on any atom is 0.169 e. The average molecular weight is 295 g/mol. The monoisotopic (exact) mass is 294 g/mol. The summed E-state index contributed by atoms with van der Waals surface area (Å²) in [6.45, 7) is 1.52. The molecule has 0 aliphatic heterocycles. The fourth-order valence-electron chi connectivity index (χ4n) is 2.46. The largest absolute Gasteiger partial charge is 0.228 e. The minimum Gasteiger partial charge on any atom is -0.228 e. The second-order valence-electron chi connectivity index (χ2n) is 4.50. The molecule has 0 N–H and O–H groups in total. The quantitative estimate of drug-likeness (QED) is 0.856. The lowest BCUT2D eigenvalue weighted by atomic mass is 10.0. The number of nitriles is 2. The Kier molecular flexibility index (Phi) is 3.30. The average Bonchev–Trinajstić information content (AvgIpc) is 3.09. The summed E-state index contributed by atoms with van der Waals surface area (Å²) in [5.74, 6) is -0.703. The number of hydrogen-bond acceptors (Lipinski definition) is 4. The molecule has 0 radical (unpaired) electrons. The maximum absolute atomic E-state index is 12.0. The van der Waals surface area contributed by atoms with Crippen molar-refractivity contribution in [2.24, 2.45) is 5.41 Å². The normalized spacial score (nSPS) is 24.2. The van der Waals surface area contributed by atoms with Crippen molar-refractivity contribution < 1.29 is 8.42 Å². The first-order chi connectivity index (χ1) is 8.93. The van der Waals surface area contributed by atoms with E-state index in [0.29, 0.717) is 10.6 Å². The highest BCUT2D eigenvalue weighted by Crippen LogP contribution is 2.62. The first kappa shape index (κ1) is 13.9. The van der Waals surface area contributed by atoms with Crippen LogP contribution in [0.4, 0.5) is 0 Å². The van der Waals surface area contributed by atoms with Crippen molar-refractivity contribution in [3.63, 3.8) is 0 Å². The molecular weight excluding hydrogens is 284 g/mol. The van der Waals surface area contributed by atoms with Crippen LogP contribution in [0.25, 0.3) is 0 Å². The number of halogens is 1. The Balaban J connectivity index is 2.53. The molecule has 1 saturated carbocycles. The first-order valence-electron chi connectivity index (χ1n) is 5.72. The second-order valence-corrected chi connectivity index (χ2v) is 7.34. The van der Waals surface area contributed by atoms with Gasteiger partial charge in [0.1, 0.15) is 5.25 Å². The second kappa shape index (κ2) is 4.52. The molecule has 0 spiro atoms. The summed E-state index contributed by atoms with van der Waals surface area (Å²) < 4.78 is 24.1. The SMILES string of the molecule is CCS(=O)(=O)[C@@H]1[C@H](c2cccc(Cl)c2)C1(C#N)C#N. The molecule has 0 amide bonds. The topological polar surface area (TPSA) is 81.7 Å².